The number of alkyl carbamates (subject to hydrolysis) is 1. The molecular formula is C31H40N4O4S. The third-order valence-corrected chi connectivity index (χ3v) is 7.36. The van der Waals surface area contributed by atoms with E-state index >= 15 is 0 Å². The second-order valence-corrected chi connectivity index (χ2v) is 11.0. The number of hydrogen-bond acceptors (Lipinski definition) is 6. The smallest absolute Gasteiger partial charge is 0.408 e. The standard InChI is InChI=1S/C31H40N4O4S/c1-4-11-27(34-31(38)39-20-25-14-9-6-10-15-25)29(37)32-19-26(18-23(2)3)28-21-40-30(33-28)35(22-36)17-16-24-12-7-5-8-13-24/h5-10,12-15,21-23,26-27H,4,11,16-20H2,1-3H3,(H,32,37)(H,34,38)/t26-,27-/m0/s1. The Kier molecular flexibility index (Phi) is 12.6. The number of carbonyl (C=O) groups is 3. The van der Waals surface area contributed by atoms with Crippen molar-refractivity contribution in [2.45, 2.75) is 65.0 Å². The summed E-state index contributed by atoms with van der Waals surface area (Å²) in [6, 6.07) is 18.7. The van der Waals surface area contributed by atoms with E-state index in [1.807, 2.05) is 73.0 Å². The molecule has 3 rings (SSSR count). The number of amides is 3. The highest BCUT2D eigenvalue weighted by Crippen LogP contribution is 2.28. The van der Waals surface area contributed by atoms with Crippen LogP contribution in [0.15, 0.2) is 66.0 Å². The number of ether oxygens (including phenoxy) is 1. The number of thiazole rings is 1. The van der Waals surface area contributed by atoms with E-state index in [1.165, 1.54) is 11.3 Å². The fraction of sp³-hybridized carbons (Fsp3) is 0.419. The van der Waals surface area contributed by atoms with Crippen LogP contribution in [-0.2, 0) is 27.4 Å². The van der Waals surface area contributed by atoms with Crippen molar-refractivity contribution in [1.29, 1.82) is 0 Å². The van der Waals surface area contributed by atoms with E-state index in [0.717, 1.165) is 42.5 Å². The van der Waals surface area contributed by atoms with Crippen LogP contribution in [0.4, 0.5) is 9.93 Å². The van der Waals surface area contributed by atoms with Gasteiger partial charge in [-0.25, -0.2) is 9.78 Å². The number of anilines is 1. The average molecular weight is 565 g/mol. The molecule has 1 heterocycles. The summed E-state index contributed by atoms with van der Waals surface area (Å²) in [5.74, 6) is 0.105. The molecule has 0 saturated carbocycles. The first-order valence-corrected chi connectivity index (χ1v) is 14.7. The van der Waals surface area contributed by atoms with Crippen LogP contribution >= 0.6 is 11.3 Å². The number of nitrogens with zero attached hydrogens (tertiary/aromatic N) is 2. The molecule has 0 saturated heterocycles. The largest absolute Gasteiger partial charge is 0.445 e. The molecule has 2 N–H and O–H groups in total. The van der Waals surface area contributed by atoms with Gasteiger partial charge in [0.2, 0.25) is 12.3 Å². The van der Waals surface area contributed by atoms with Gasteiger partial charge in [-0.1, -0.05) is 87.9 Å². The van der Waals surface area contributed by atoms with Gasteiger partial charge in [0.15, 0.2) is 5.13 Å². The van der Waals surface area contributed by atoms with Gasteiger partial charge in [0, 0.05) is 24.4 Å². The molecule has 8 nitrogen and oxygen atoms in total. The van der Waals surface area contributed by atoms with Gasteiger partial charge in [-0.05, 0) is 36.3 Å². The summed E-state index contributed by atoms with van der Waals surface area (Å²) in [4.78, 5) is 43.7. The van der Waals surface area contributed by atoms with E-state index in [4.69, 9.17) is 9.72 Å². The Hall–Kier alpha value is -3.72. The fourth-order valence-corrected chi connectivity index (χ4v) is 5.27. The lowest BCUT2D eigenvalue weighted by Crippen LogP contribution is -2.47. The van der Waals surface area contributed by atoms with Crippen LogP contribution in [0.3, 0.4) is 0 Å². The van der Waals surface area contributed by atoms with E-state index < -0.39 is 12.1 Å². The fourth-order valence-electron chi connectivity index (χ4n) is 4.37. The molecule has 0 aliphatic heterocycles. The van der Waals surface area contributed by atoms with Crippen molar-refractivity contribution in [3.63, 3.8) is 0 Å². The van der Waals surface area contributed by atoms with Gasteiger partial charge in [-0.15, -0.1) is 11.3 Å². The van der Waals surface area contributed by atoms with Crippen molar-refractivity contribution in [3.8, 4) is 0 Å². The zero-order valence-corrected chi connectivity index (χ0v) is 24.4. The molecule has 2 aromatic carbocycles. The lowest BCUT2D eigenvalue weighted by Gasteiger charge is -2.21. The zero-order valence-electron chi connectivity index (χ0n) is 23.5. The van der Waals surface area contributed by atoms with E-state index in [0.29, 0.717) is 30.6 Å². The Bertz CT molecular complexity index is 1190. The van der Waals surface area contributed by atoms with Crippen molar-refractivity contribution < 1.29 is 19.1 Å². The van der Waals surface area contributed by atoms with Crippen LogP contribution < -0.4 is 15.5 Å². The molecule has 214 valence electrons. The topological polar surface area (TPSA) is 101 Å². The number of carbonyl (C=O) groups excluding carboxylic acids is 3. The van der Waals surface area contributed by atoms with E-state index in [9.17, 15) is 14.4 Å². The first-order chi connectivity index (χ1) is 19.4. The van der Waals surface area contributed by atoms with Gasteiger partial charge in [0.1, 0.15) is 12.6 Å². The summed E-state index contributed by atoms with van der Waals surface area (Å²) in [5.41, 5.74) is 2.88. The van der Waals surface area contributed by atoms with Crippen LogP contribution in [0.25, 0.3) is 0 Å². The summed E-state index contributed by atoms with van der Waals surface area (Å²) in [7, 11) is 0. The summed E-state index contributed by atoms with van der Waals surface area (Å²) < 4.78 is 5.31. The van der Waals surface area contributed by atoms with Crippen LogP contribution in [0, 0.1) is 5.92 Å². The minimum atomic E-state index is -0.692. The summed E-state index contributed by atoms with van der Waals surface area (Å²) >= 11 is 1.43. The van der Waals surface area contributed by atoms with Crippen molar-refractivity contribution in [1.82, 2.24) is 15.6 Å². The Morgan fingerprint density at radius 3 is 2.35 bits per heavy atom. The number of aromatic nitrogens is 1. The second kappa shape index (κ2) is 16.4. The van der Waals surface area contributed by atoms with Gasteiger partial charge in [0.05, 0.1) is 5.69 Å². The minimum Gasteiger partial charge on any atom is -0.445 e. The van der Waals surface area contributed by atoms with Gasteiger partial charge in [-0.2, -0.15) is 0 Å². The molecular weight excluding hydrogens is 524 g/mol. The molecule has 0 unspecified atom stereocenters. The predicted octanol–water partition coefficient (Wildman–Crippen LogP) is 5.69. The Morgan fingerprint density at radius 1 is 1.05 bits per heavy atom. The Balaban J connectivity index is 1.58. The van der Waals surface area contributed by atoms with Gasteiger partial charge in [0.25, 0.3) is 0 Å². The highest BCUT2D eigenvalue weighted by atomic mass is 32.1. The van der Waals surface area contributed by atoms with E-state index in [-0.39, 0.29) is 18.4 Å². The molecule has 1 aromatic heterocycles. The molecule has 9 heteroatoms. The maximum absolute atomic E-state index is 13.1. The van der Waals surface area contributed by atoms with Crippen LogP contribution in [0.5, 0.6) is 0 Å². The summed E-state index contributed by atoms with van der Waals surface area (Å²) in [6.45, 7) is 7.28. The van der Waals surface area contributed by atoms with Crippen LogP contribution in [0.1, 0.15) is 62.8 Å². The number of benzene rings is 2. The van der Waals surface area contributed by atoms with Gasteiger partial charge >= 0.3 is 6.09 Å². The van der Waals surface area contributed by atoms with Crippen molar-refractivity contribution in [2.75, 3.05) is 18.0 Å². The number of nitrogens with one attached hydrogen (secondary N) is 2. The Labute approximate surface area is 241 Å². The van der Waals surface area contributed by atoms with Gasteiger partial charge in [-0.3, -0.25) is 14.5 Å². The maximum Gasteiger partial charge on any atom is 0.408 e. The third kappa shape index (κ3) is 10.1. The molecule has 0 fully saturated rings. The third-order valence-electron chi connectivity index (χ3n) is 6.46. The van der Waals surface area contributed by atoms with E-state index in [2.05, 4.69) is 24.5 Å². The zero-order chi connectivity index (χ0) is 28.7. The molecule has 0 radical (unpaired) electrons. The highest BCUT2D eigenvalue weighted by molar-refractivity contribution is 7.13. The molecule has 0 spiro atoms. The lowest BCUT2D eigenvalue weighted by atomic mass is 9.94. The van der Waals surface area contributed by atoms with E-state index in [1.54, 1.807) is 4.90 Å². The quantitative estimate of drug-likeness (QED) is 0.218. The normalized spacial score (nSPS) is 12.4. The molecule has 3 aromatic rings. The minimum absolute atomic E-state index is 0.0242. The van der Waals surface area contributed by atoms with Crippen molar-refractivity contribution >= 4 is 34.9 Å². The molecule has 3 amide bonds. The monoisotopic (exact) mass is 564 g/mol. The predicted molar refractivity (Wildman–Crippen MR) is 159 cm³/mol. The van der Waals surface area contributed by atoms with Gasteiger partial charge < -0.3 is 15.4 Å². The summed E-state index contributed by atoms with van der Waals surface area (Å²) in [6.07, 6.45) is 2.98. The lowest BCUT2D eigenvalue weighted by molar-refractivity contribution is -0.123. The van der Waals surface area contributed by atoms with Crippen molar-refractivity contribution in [3.05, 3.63) is 82.9 Å². The van der Waals surface area contributed by atoms with Crippen LogP contribution in [0.2, 0.25) is 0 Å². The summed E-state index contributed by atoms with van der Waals surface area (Å²) in [5, 5.41) is 8.35. The van der Waals surface area contributed by atoms with Crippen LogP contribution in [-0.4, -0.2) is 42.5 Å². The molecule has 0 aliphatic carbocycles. The first-order valence-electron chi connectivity index (χ1n) is 13.9. The molecule has 40 heavy (non-hydrogen) atoms. The average Bonchev–Trinajstić information content (AvgIpc) is 3.45. The first kappa shape index (κ1) is 30.8. The molecule has 0 aliphatic rings. The second-order valence-electron chi connectivity index (χ2n) is 10.2. The maximum atomic E-state index is 13.1. The SMILES string of the molecule is CCC[C@H](NC(=O)OCc1ccccc1)C(=O)NC[C@H](CC(C)C)c1csc(N(C=O)CCc2ccccc2)n1. The van der Waals surface area contributed by atoms with Crippen molar-refractivity contribution in [2.24, 2.45) is 5.92 Å². The highest BCUT2D eigenvalue weighted by Gasteiger charge is 2.24. The molecule has 0 bridgehead atoms. The molecule has 2 atom stereocenters. The Morgan fingerprint density at radius 2 is 1.73 bits per heavy atom. The number of rotatable bonds is 16. The number of hydrogen-bond donors (Lipinski definition) is 2.